The van der Waals surface area contributed by atoms with E-state index in [1.807, 2.05) is 0 Å². The van der Waals surface area contributed by atoms with Crippen molar-refractivity contribution in [1.82, 2.24) is 0 Å². The number of allylic oxidation sites excluding steroid dienone is 3. The summed E-state index contributed by atoms with van der Waals surface area (Å²) in [5.74, 6) is -1.66. The SMILES string of the molecule is C=C1CCC2(C(=O)O)CCC3(C)C(=CCC4C5(C)CCC(OC6OC(C(=O)O)C(O)C(OC7OCC(O)C(O)C7O)C6O)C(C)(C)C5CCC43C)C2C1. The van der Waals surface area contributed by atoms with Crippen LogP contribution in [-0.2, 0) is 28.5 Å². The lowest BCUT2D eigenvalue weighted by molar-refractivity contribution is -0.357. The van der Waals surface area contributed by atoms with Crippen molar-refractivity contribution < 1.29 is 64.3 Å². The zero-order valence-electron chi connectivity index (χ0n) is 31.6. The van der Waals surface area contributed by atoms with E-state index in [1.165, 1.54) is 5.57 Å². The molecule has 0 radical (unpaired) electrons. The third kappa shape index (κ3) is 5.73. The Morgan fingerprint density at radius 3 is 2.23 bits per heavy atom. The highest BCUT2D eigenvalue weighted by Crippen LogP contribution is 2.75. The second-order valence-corrected chi connectivity index (χ2v) is 18.8. The molecule has 53 heavy (non-hydrogen) atoms. The third-order valence-electron chi connectivity index (χ3n) is 16.2. The molecule has 0 spiro atoms. The number of aliphatic hydroxyl groups excluding tert-OH is 5. The molecule has 2 heterocycles. The van der Waals surface area contributed by atoms with E-state index < -0.39 is 84.2 Å². The van der Waals surface area contributed by atoms with Gasteiger partial charge in [0.05, 0.1) is 18.1 Å². The normalized spacial score (nSPS) is 52.2. The quantitative estimate of drug-likeness (QED) is 0.154. The minimum absolute atomic E-state index is 0.0312. The van der Waals surface area contributed by atoms with E-state index in [1.54, 1.807) is 0 Å². The molecule has 17 unspecified atom stereocenters. The van der Waals surface area contributed by atoms with Crippen LogP contribution in [0, 0.1) is 44.8 Å². The second-order valence-electron chi connectivity index (χ2n) is 18.8. The number of ether oxygens (including phenoxy) is 4. The number of carboxylic acids is 2. The highest BCUT2D eigenvalue weighted by molar-refractivity contribution is 5.77. The van der Waals surface area contributed by atoms with Gasteiger partial charge in [-0.3, -0.25) is 4.79 Å². The van der Waals surface area contributed by atoms with Gasteiger partial charge in [-0.1, -0.05) is 58.4 Å². The fraction of sp³-hybridized carbons (Fsp3) is 0.850. The van der Waals surface area contributed by atoms with Crippen LogP contribution in [0.15, 0.2) is 23.8 Å². The Bertz CT molecular complexity index is 1510. The molecule has 7 rings (SSSR count). The van der Waals surface area contributed by atoms with Crippen LogP contribution in [-0.4, -0.2) is 116 Å². The summed E-state index contributed by atoms with van der Waals surface area (Å²) < 4.78 is 23.3. The summed E-state index contributed by atoms with van der Waals surface area (Å²) in [5, 5.41) is 73.4. The van der Waals surface area contributed by atoms with Crippen molar-refractivity contribution in [3.8, 4) is 0 Å². The monoisotopic (exact) mass is 748 g/mol. The molecule has 0 aromatic heterocycles. The molecule has 4 saturated carbocycles. The molecule has 7 N–H and O–H groups in total. The third-order valence-corrected chi connectivity index (χ3v) is 16.2. The Hall–Kier alpha value is -1.94. The topological polar surface area (TPSA) is 213 Å². The Morgan fingerprint density at radius 2 is 1.55 bits per heavy atom. The largest absolute Gasteiger partial charge is 0.481 e. The molecular weight excluding hydrogens is 688 g/mol. The zero-order chi connectivity index (χ0) is 38.6. The summed E-state index contributed by atoms with van der Waals surface area (Å²) >= 11 is 0. The predicted molar refractivity (Wildman–Crippen MR) is 188 cm³/mol. The minimum atomic E-state index is -1.86. The van der Waals surface area contributed by atoms with Gasteiger partial charge in [0.25, 0.3) is 0 Å². The van der Waals surface area contributed by atoms with Crippen LogP contribution < -0.4 is 0 Å². The number of carbonyl (C=O) groups is 2. The molecule has 298 valence electrons. The van der Waals surface area contributed by atoms with Gasteiger partial charge in [0.1, 0.15) is 36.6 Å². The molecule has 7 aliphatic rings. The van der Waals surface area contributed by atoms with Gasteiger partial charge in [-0.2, -0.15) is 0 Å². The Balaban J connectivity index is 1.13. The van der Waals surface area contributed by atoms with Crippen LogP contribution in [0.4, 0.5) is 0 Å². The van der Waals surface area contributed by atoms with E-state index in [-0.39, 0.29) is 34.7 Å². The smallest absolute Gasteiger partial charge is 0.335 e. The first kappa shape index (κ1) is 39.3. The first-order valence-electron chi connectivity index (χ1n) is 19.5. The number of rotatable bonds is 6. The van der Waals surface area contributed by atoms with Crippen LogP contribution in [0.25, 0.3) is 0 Å². The van der Waals surface area contributed by atoms with Crippen molar-refractivity contribution in [2.45, 2.75) is 160 Å². The molecule has 13 nitrogen and oxygen atoms in total. The van der Waals surface area contributed by atoms with Gasteiger partial charge in [0.2, 0.25) is 0 Å². The molecule has 0 aromatic carbocycles. The first-order chi connectivity index (χ1) is 24.7. The summed E-state index contributed by atoms with van der Waals surface area (Å²) in [5.41, 5.74) is 1.02. The van der Waals surface area contributed by atoms with Crippen molar-refractivity contribution in [2.24, 2.45) is 44.8 Å². The summed E-state index contributed by atoms with van der Waals surface area (Å²) in [6.07, 6.45) is -4.94. The van der Waals surface area contributed by atoms with E-state index in [0.29, 0.717) is 25.2 Å². The average molecular weight is 749 g/mol. The first-order valence-corrected chi connectivity index (χ1v) is 19.5. The highest BCUT2D eigenvalue weighted by Gasteiger charge is 2.69. The lowest BCUT2D eigenvalue weighted by Crippen LogP contribution is -2.66. The molecule has 0 bridgehead atoms. The van der Waals surface area contributed by atoms with Gasteiger partial charge in [0.15, 0.2) is 18.7 Å². The highest BCUT2D eigenvalue weighted by atomic mass is 16.7. The van der Waals surface area contributed by atoms with Crippen LogP contribution >= 0.6 is 0 Å². The number of hydrogen-bond acceptors (Lipinski definition) is 11. The van der Waals surface area contributed by atoms with E-state index in [2.05, 4.69) is 47.3 Å². The van der Waals surface area contributed by atoms with Crippen molar-refractivity contribution in [1.29, 1.82) is 0 Å². The molecule has 2 aliphatic heterocycles. The molecule has 0 amide bonds. The maximum absolute atomic E-state index is 12.9. The van der Waals surface area contributed by atoms with Gasteiger partial charge in [-0.25, -0.2) is 4.79 Å². The lowest BCUT2D eigenvalue weighted by atomic mass is 9.34. The van der Waals surface area contributed by atoms with Gasteiger partial charge < -0.3 is 54.7 Å². The number of hydrogen-bond donors (Lipinski definition) is 7. The second kappa shape index (κ2) is 13.3. The summed E-state index contributed by atoms with van der Waals surface area (Å²) in [6.45, 7) is 15.5. The Morgan fingerprint density at radius 1 is 0.830 bits per heavy atom. The molecule has 17 atom stereocenters. The summed E-state index contributed by atoms with van der Waals surface area (Å²) in [4.78, 5) is 25.1. The lowest BCUT2D eigenvalue weighted by Gasteiger charge is -2.71. The molecule has 2 saturated heterocycles. The number of aliphatic carboxylic acids is 2. The number of aliphatic hydroxyl groups is 5. The molecule has 5 aliphatic carbocycles. The zero-order valence-corrected chi connectivity index (χ0v) is 31.6. The van der Waals surface area contributed by atoms with Gasteiger partial charge in [-0.15, -0.1) is 0 Å². The summed E-state index contributed by atoms with van der Waals surface area (Å²) in [7, 11) is 0. The molecule has 6 fully saturated rings. The van der Waals surface area contributed by atoms with Crippen molar-refractivity contribution in [2.75, 3.05) is 6.61 Å². The van der Waals surface area contributed by atoms with Crippen LogP contribution in [0.1, 0.15) is 98.8 Å². The average Bonchev–Trinajstić information content (AvgIpc) is 3.08. The predicted octanol–water partition coefficient (Wildman–Crippen LogP) is 3.14. The van der Waals surface area contributed by atoms with Crippen LogP contribution in [0.2, 0.25) is 0 Å². The molecule has 0 aromatic rings. The Kier molecular flexibility index (Phi) is 9.89. The Labute approximate surface area is 311 Å². The minimum Gasteiger partial charge on any atom is -0.481 e. The molecule has 13 heteroatoms. The maximum Gasteiger partial charge on any atom is 0.335 e. The standard InChI is InChI=1S/C40H60O13/c1-19-9-14-40(35(48)49)16-15-38(5)20(21(40)17-19)7-8-24-37(4)12-11-25(36(2,3)23(37)10-13-39(24,38)6)51-34-29(45)30(28(44)31(53-34)32(46)47)52-33-27(43)26(42)22(41)18-50-33/h7,21-31,33-34,41-45H,1,8-18H2,2-6H3,(H,46,47)(H,48,49). The van der Waals surface area contributed by atoms with E-state index in [4.69, 9.17) is 18.9 Å². The van der Waals surface area contributed by atoms with E-state index >= 15 is 0 Å². The fourth-order valence-electron chi connectivity index (χ4n) is 12.9. The van der Waals surface area contributed by atoms with Gasteiger partial charge in [0, 0.05) is 5.92 Å². The van der Waals surface area contributed by atoms with E-state index in [9.17, 15) is 45.3 Å². The van der Waals surface area contributed by atoms with Gasteiger partial charge >= 0.3 is 11.9 Å². The van der Waals surface area contributed by atoms with Crippen molar-refractivity contribution >= 4 is 11.9 Å². The van der Waals surface area contributed by atoms with Crippen molar-refractivity contribution in [3.05, 3.63) is 23.8 Å². The van der Waals surface area contributed by atoms with E-state index in [0.717, 1.165) is 50.5 Å². The van der Waals surface area contributed by atoms with Gasteiger partial charge in [-0.05, 0) is 97.7 Å². The van der Waals surface area contributed by atoms with Crippen molar-refractivity contribution in [3.63, 3.8) is 0 Å². The maximum atomic E-state index is 12.9. The van der Waals surface area contributed by atoms with Crippen LogP contribution in [0.5, 0.6) is 0 Å². The molecular formula is C40H60O13. The number of fused-ring (bicyclic) bond motifs is 7. The van der Waals surface area contributed by atoms with Crippen LogP contribution in [0.3, 0.4) is 0 Å². The fourth-order valence-corrected chi connectivity index (χ4v) is 12.9. The number of carboxylic acid groups (broad SMARTS) is 2. The summed E-state index contributed by atoms with van der Waals surface area (Å²) in [6, 6.07) is 0.